The maximum absolute atomic E-state index is 11.7. The van der Waals surface area contributed by atoms with Crippen molar-refractivity contribution in [1.29, 1.82) is 0 Å². The van der Waals surface area contributed by atoms with Crippen LogP contribution in [-0.4, -0.2) is 19.5 Å². The number of aryl methyl sites for hydroxylation is 1. The molecule has 0 fully saturated rings. The van der Waals surface area contributed by atoms with Gasteiger partial charge in [0.05, 0.1) is 12.6 Å². The number of nitrogens with zero attached hydrogens (tertiary/aromatic N) is 3. The third-order valence-corrected chi connectivity index (χ3v) is 3.39. The molecule has 0 aliphatic heterocycles. The predicted octanol–water partition coefficient (Wildman–Crippen LogP) is 1.61. The van der Waals surface area contributed by atoms with Crippen molar-refractivity contribution in [2.75, 3.05) is 0 Å². The van der Waals surface area contributed by atoms with E-state index < -0.39 is 6.10 Å². The van der Waals surface area contributed by atoms with Gasteiger partial charge in [0.1, 0.15) is 6.33 Å². The van der Waals surface area contributed by atoms with Gasteiger partial charge in [0.25, 0.3) is 0 Å². The topological polar surface area (TPSA) is 60.1 Å². The lowest BCUT2D eigenvalue weighted by molar-refractivity contribution is 0.149. The summed E-state index contributed by atoms with van der Waals surface area (Å²) in [6.45, 7) is 6.60. The highest BCUT2D eigenvalue weighted by atomic mass is 16.3. The van der Waals surface area contributed by atoms with Crippen molar-refractivity contribution in [3.63, 3.8) is 0 Å². The maximum atomic E-state index is 11.7. The lowest BCUT2D eigenvalue weighted by atomic mass is 9.86. The number of hydrogen-bond acceptors (Lipinski definition) is 3. The molecular formula is C15H21N3O2. The van der Waals surface area contributed by atoms with Crippen LogP contribution in [0.15, 0.2) is 35.4 Å². The Labute approximate surface area is 118 Å². The van der Waals surface area contributed by atoms with E-state index in [-0.39, 0.29) is 17.6 Å². The highest BCUT2D eigenvalue weighted by Crippen LogP contribution is 2.24. The molecule has 0 bridgehead atoms. The fourth-order valence-electron chi connectivity index (χ4n) is 2.02. The quantitative estimate of drug-likeness (QED) is 0.926. The Balaban J connectivity index is 2.16. The molecule has 20 heavy (non-hydrogen) atoms. The minimum Gasteiger partial charge on any atom is -0.386 e. The second-order valence-corrected chi connectivity index (χ2v) is 6.09. The summed E-state index contributed by atoms with van der Waals surface area (Å²) >= 11 is 0. The predicted molar refractivity (Wildman–Crippen MR) is 77.6 cm³/mol. The molecular weight excluding hydrogens is 254 g/mol. The van der Waals surface area contributed by atoms with Gasteiger partial charge in [-0.25, -0.2) is 9.48 Å². The van der Waals surface area contributed by atoms with Crippen LogP contribution < -0.4 is 5.69 Å². The first-order chi connectivity index (χ1) is 9.29. The molecule has 0 aliphatic carbocycles. The largest absolute Gasteiger partial charge is 0.386 e. The van der Waals surface area contributed by atoms with Gasteiger partial charge in [-0.2, -0.15) is 5.10 Å². The van der Waals surface area contributed by atoms with Gasteiger partial charge in [-0.3, -0.25) is 4.57 Å². The average Bonchev–Trinajstić information content (AvgIpc) is 2.70. The average molecular weight is 275 g/mol. The van der Waals surface area contributed by atoms with Gasteiger partial charge in [-0.15, -0.1) is 0 Å². The molecule has 1 heterocycles. The van der Waals surface area contributed by atoms with Crippen LogP contribution in [0.5, 0.6) is 0 Å². The van der Waals surface area contributed by atoms with Crippen LogP contribution in [0.4, 0.5) is 0 Å². The molecule has 1 atom stereocenters. The van der Waals surface area contributed by atoms with Crippen molar-refractivity contribution >= 4 is 0 Å². The first-order valence-corrected chi connectivity index (χ1v) is 6.66. The van der Waals surface area contributed by atoms with Gasteiger partial charge >= 0.3 is 5.69 Å². The summed E-state index contributed by atoms with van der Waals surface area (Å²) in [5, 5.41) is 14.1. The molecule has 0 saturated heterocycles. The zero-order chi connectivity index (χ0) is 14.9. The molecule has 5 nitrogen and oxygen atoms in total. The highest BCUT2D eigenvalue weighted by molar-refractivity contribution is 5.28. The number of benzene rings is 1. The first kappa shape index (κ1) is 14.5. The summed E-state index contributed by atoms with van der Waals surface area (Å²) in [6.07, 6.45) is 0.703. The minimum absolute atomic E-state index is 0.0847. The molecule has 2 aromatic rings. The third-order valence-electron chi connectivity index (χ3n) is 3.39. The lowest BCUT2D eigenvalue weighted by Crippen LogP contribution is -2.25. The Morgan fingerprint density at radius 1 is 1.25 bits per heavy atom. The standard InChI is InChI=1S/C15H21N3O2/c1-15(2,3)12-7-5-11(6-8-12)13(19)9-18-14(20)17(4)10-16-18/h5-8,10,13,19H,9H2,1-4H3. The molecule has 0 spiro atoms. The molecule has 108 valence electrons. The van der Waals surface area contributed by atoms with Crippen LogP contribution in [0.2, 0.25) is 0 Å². The van der Waals surface area contributed by atoms with E-state index in [2.05, 4.69) is 25.9 Å². The van der Waals surface area contributed by atoms with Crippen LogP contribution in [-0.2, 0) is 19.0 Å². The zero-order valence-electron chi connectivity index (χ0n) is 12.4. The number of hydrogen-bond donors (Lipinski definition) is 1. The summed E-state index contributed by atoms with van der Waals surface area (Å²) in [7, 11) is 1.64. The summed E-state index contributed by atoms with van der Waals surface area (Å²) < 4.78 is 2.65. The fourth-order valence-corrected chi connectivity index (χ4v) is 2.02. The van der Waals surface area contributed by atoms with E-state index in [9.17, 15) is 9.90 Å². The first-order valence-electron chi connectivity index (χ1n) is 6.66. The molecule has 0 aliphatic rings. The summed E-state index contributed by atoms with van der Waals surface area (Å²) in [5.41, 5.74) is 1.86. The Morgan fingerprint density at radius 2 is 1.85 bits per heavy atom. The van der Waals surface area contributed by atoms with Gasteiger partial charge in [-0.05, 0) is 16.5 Å². The normalized spacial score (nSPS) is 13.4. The smallest absolute Gasteiger partial charge is 0.345 e. The fraction of sp³-hybridized carbons (Fsp3) is 0.467. The van der Waals surface area contributed by atoms with Gasteiger partial charge in [0, 0.05) is 7.05 Å². The van der Waals surface area contributed by atoms with E-state index in [4.69, 9.17) is 0 Å². The third kappa shape index (κ3) is 2.99. The van der Waals surface area contributed by atoms with Crippen LogP contribution in [0.25, 0.3) is 0 Å². The van der Waals surface area contributed by atoms with Crippen LogP contribution in [0.1, 0.15) is 38.0 Å². The second-order valence-electron chi connectivity index (χ2n) is 6.09. The maximum Gasteiger partial charge on any atom is 0.345 e. The molecule has 1 unspecified atom stereocenters. The molecule has 0 radical (unpaired) electrons. The van der Waals surface area contributed by atoms with Crippen molar-refractivity contribution in [2.45, 2.75) is 38.8 Å². The number of aliphatic hydroxyl groups excluding tert-OH is 1. The zero-order valence-corrected chi connectivity index (χ0v) is 12.4. The van der Waals surface area contributed by atoms with Crippen molar-refractivity contribution in [3.05, 3.63) is 52.2 Å². The molecule has 0 saturated carbocycles. The van der Waals surface area contributed by atoms with E-state index in [1.54, 1.807) is 7.05 Å². The number of aromatic nitrogens is 3. The monoisotopic (exact) mass is 275 g/mol. The number of rotatable bonds is 3. The van der Waals surface area contributed by atoms with Gasteiger partial charge in [0.15, 0.2) is 0 Å². The van der Waals surface area contributed by atoms with Crippen molar-refractivity contribution in [1.82, 2.24) is 14.3 Å². The van der Waals surface area contributed by atoms with Gasteiger partial charge in [0.2, 0.25) is 0 Å². The van der Waals surface area contributed by atoms with Gasteiger partial charge in [-0.1, -0.05) is 45.0 Å². The SMILES string of the molecule is Cn1cnn(CC(O)c2ccc(C(C)(C)C)cc2)c1=O. The van der Waals surface area contributed by atoms with E-state index in [1.165, 1.54) is 21.1 Å². The molecule has 0 amide bonds. The Hall–Kier alpha value is -1.88. The van der Waals surface area contributed by atoms with Crippen molar-refractivity contribution < 1.29 is 5.11 Å². The van der Waals surface area contributed by atoms with E-state index in [0.717, 1.165) is 5.56 Å². The van der Waals surface area contributed by atoms with E-state index >= 15 is 0 Å². The summed E-state index contributed by atoms with van der Waals surface area (Å²) in [6, 6.07) is 7.83. The lowest BCUT2D eigenvalue weighted by Gasteiger charge is -2.20. The Morgan fingerprint density at radius 3 is 2.30 bits per heavy atom. The molecule has 2 rings (SSSR count). The number of aliphatic hydroxyl groups is 1. The van der Waals surface area contributed by atoms with Crippen LogP contribution in [0.3, 0.4) is 0 Å². The Bertz CT molecular complexity index is 632. The molecule has 5 heteroatoms. The van der Waals surface area contributed by atoms with Crippen LogP contribution >= 0.6 is 0 Å². The second kappa shape index (κ2) is 5.25. The summed E-state index contributed by atoms with van der Waals surface area (Å²) in [4.78, 5) is 11.7. The van der Waals surface area contributed by atoms with Crippen molar-refractivity contribution in [2.24, 2.45) is 7.05 Å². The van der Waals surface area contributed by atoms with Crippen molar-refractivity contribution in [3.8, 4) is 0 Å². The van der Waals surface area contributed by atoms with E-state index in [0.29, 0.717) is 0 Å². The molecule has 1 aromatic carbocycles. The summed E-state index contributed by atoms with van der Waals surface area (Å²) in [5.74, 6) is 0. The minimum atomic E-state index is -0.739. The molecule has 1 aromatic heterocycles. The van der Waals surface area contributed by atoms with Crippen LogP contribution in [0, 0.1) is 0 Å². The van der Waals surface area contributed by atoms with E-state index in [1.807, 2.05) is 24.3 Å². The molecule has 1 N–H and O–H groups in total. The Kier molecular flexibility index (Phi) is 3.81. The van der Waals surface area contributed by atoms with Gasteiger partial charge < -0.3 is 5.11 Å². The highest BCUT2D eigenvalue weighted by Gasteiger charge is 2.15.